The molecule has 3 aliphatic heterocycles. The van der Waals surface area contributed by atoms with E-state index in [2.05, 4.69) is 32.1 Å². The van der Waals surface area contributed by atoms with Crippen molar-refractivity contribution in [3.05, 3.63) is 34.8 Å². The molecule has 7 heteroatoms. The van der Waals surface area contributed by atoms with Crippen LogP contribution in [0.4, 0.5) is 0 Å². The lowest BCUT2D eigenvalue weighted by atomic mass is 9.95. The number of aryl methyl sites for hydroxylation is 1. The maximum Gasteiger partial charge on any atom is 0.242 e. The van der Waals surface area contributed by atoms with Gasteiger partial charge in [0.1, 0.15) is 12.4 Å². The third kappa shape index (κ3) is 3.62. The summed E-state index contributed by atoms with van der Waals surface area (Å²) in [7, 11) is 0. The number of imidazole rings is 1. The highest BCUT2D eigenvalue weighted by molar-refractivity contribution is 7.07. The summed E-state index contributed by atoms with van der Waals surface area (Å²) in [5.74, 6) is 1.80. The highest BCUT2D eigenvalue weighted by atomic mass is 32.1. The van der Waals surface area contributed by atoms with Crippen molar-refractivity contribution in [1.82, 2.24) is 24.3 Å². The first kappa shape index (κ1) is 16.7. The van der Waals surface area contributed by atoms with Gasteiger partial charge in [-0.25, -0.2) is 9.97 Å². The van der Waals surface area contributed by atoms with Crippen LogP contribution in [-0.2, 0) is 24.3 Å². The smallest absolute Gasteiger partial charge is 0.242 e. The summed E-state index contributed by atoms with van der Waals surface area (Å²) >= 11 is 1.65. The predicted octanol–water partition coefficient (Wildman–Crippen LogP) is 2.02. The van der Waals surface area contributed by atoms with Crippen LogP contribution in [0.2, 0.25) is 0 Å². The summed E-state index contributed by atoms with van der Waals surface area (Å²) in [5, 5.41) is 2.13. The largest absolute Gasteiger partial charge is 0.337 e. The molecular weight excluding hydrogens is 334 g/mol. The van der Waals surface area contributed by atoms with Gasteiger partial charge in [-0.05, 0) is 18.8 Å². The Bertz CT molecular complexity index is 713. The zero-order valence-corrected chi connectivity index (χ0v) is 15.5. The molecule has 25 heavy (non-hydrogen) atoms. The third-order valence-electron chi connectivity index (χ3n) is 5.40. The van der Waals surface area contributed by atoms with Crippen LogP contribution in [-0.4, -0.2) is 55.9 Å². The van der Waals surface area contributed by atoms with E-state index in [-0.39, 0.29) is 5.91 Å². The zero-order valence-electron chi connectivity index (χ0n) is 14.7. The van der Waals surface area contributed by atoms with Crippen LogP contribution in [0, 0.1) is 5.92 Å². The van der Waals surface area contributed by atoms with Crippen LogP contribution < -0.4 is 0 Å². The molecule has 3 fully saturated rings. The Morgan fingerprint density at radius 3 is 3.00 bits per heavy atom. The van der Waals surface area contributed by atoms with Crippen molar-refractivity contribution < 1.29 is 4.79 Å². The molecule has 0 saturated carbocycles. The molecular formula is C18H25N5OS. The Kier molecular flexibility index (Phi) is 4.85. The number of rotatable bonds is 5. The monoisotopic (exact) mass is 359 g/mol. The second-order valence-electron chi connectivity index (χ2n) is 7.14. The van der Waals surface area contributed by atoms with Gasteiger partial charge in [0.2, 0.25) is 5.91 Å². The molecule has 0 unspecified atom stereocenters. The molecule has 1 amide bonds. The molecule has 2 aromatic rings. The molecule has 0 radical (unpaired) electrons. The second-order valence-corrected chi connectivity index (χ2v) is 7.86. The van der Waals surface area contributed by atoms with Crippen LogP contribution in [0.3, 0.4) is 0 Å². The molecule has 5 heterocycles. The van der Waals surface area contributed by atoms with Crippen LogP contribution >= 0.6 is 11.3 Å². The normalized spacial score (nSPS) is 23.8. The van der Waals surface area contributed by atoms with Crippen molar-refractivity contribution in [2.75, 3.05) is 19.6 Å². The molecule has 0 aliphatic carbocycles. The van der Waals surface area contributed by atoms with Crippen LogP contribution in [0.25, 0.3) is 0 Å². The topological polar surface area (TPSA) is 54.3 Å². The minimum absolute atomic E-state index is 0.234. The molecule has 0 aromatic carbocycles. The summed E-state index contributed by atoms with van der Waals surface area (Å²) in [5.41, 5.74) is 3.05. The van der Waals surface area contributed by atoms with Crippen molar-refractivity contribution >= 4 is 17.2 Å². The summed E-state index contributed by atoms with van der Waals surface area (Å²) < 4.78 is 1.99. The maximum absolute atomic E-state index is 12.9. The van der Waals surface area contributed by atoms with Gasteiger partial charge in [0.25, 0.3) is 0 Å². The second kappa shape index (κ2) is 7.25. The van der Waals surface area contributed by atoms with Gasteiger partial charge >= 0.3 is 0 Å². The Hall–Kier alpha value is -1.73. The molecule has 2 aromatic heterocycles. The summed E-state index contributed by atoms with van der Waals surface area (Å²) in [6, 6.07) is 0.332. The fourth-order valence-corrected chi connectivity index (χ4v) is 4.74. The van der Waals surface area contributed by atoms with Crippen molar-refractivity contribution in [3.8, 4) is 0 Å². The first-order valence-electron chi connectivity index (χ1n) is 9.11. The van der Waals surface area contributed by atoms with E-state index in [1.165, 1.54) is 6.42 Å². The van der Waals surface area contributed by atoms with E-state index >= 15 is 0 Å². The summed E-state index contributed by atoms with van der Waals surface area (Å²) in [4.78, 5) is 26.3. The average molecular weight is 359 g/mol. The van der Waals surface area contributed by atoms with Crippen LogP contribution in [0.1, 0.15) is 31.3 Å². The standard InChI is InChI=1S/C18H25N5OS/c1-2-17-19-5-6-22(17)11-18(24)23-8-14-3-4-16(23)10-21(7-14)9-15-12-25-13-20-15/h5-6,12-14,16H,2-4,7-11H2,1H3/t14-,16+/m0/s1. The van der Waals surface area contributed by atoms with Crippen molar-refractivity contribution in [3.63, 3.8) is 0 Å². The quantitative estimate of drug-likeness (QED) is 0.820. The molecule has 5 rings (SSSR count). The fourth-order valence-electron chi connectivity index (χ4n) is 4.19. The number of amides is 1. The van der Waals surface area contributed by atoms with Crippen molar-refractivity contribution in [1.29, 1.82) is 0 Å². The van der Waals surface area contributed by atoms with E-state index in [4.69, 9.17) is 0 Å². The van der Waals surface area contributed by atoms with Crippen LogP contribution in [0.5, 0.6) is 0 Å². The number of carbonyl (C=O) groups excluding carboxylic acids is 1. The maximum atomic E-state index is 12.9. The number of nitrogens with zero attached hydrogens (tertiary/aromatic N) is 5. The fraction of sp³-hybridized carbons (Fsp3) is 0.611. The van der Waals surface area contributed by atoms with Gasteiger partial charge in [-0.2, -0.15) is 0 Å². The summed E-state index contributed by atoms with van der Waals surface area (Å²) in [6.45, 7) is 6.33. The Morgan fingerprint density at radius 2 is 2.20 bits per heavy atom. The van der Waals surface area contributed by atoms with E-state index in [1.807, 2.05) is 16.3 Å². The number of piperidine rings is 1. The van der Waals surface area contributed by atoms with E-state index in [1.54, 1.807) is 17.5 Å². The van der Waals surface area contributed by atoms with E-state index in [9.17, 15) is 4.79 Å². The Labute approximate surface area is 152 Å². The predicted molar refractivity (Wildman–Crippen MR) is 97.2 cm³/mol. The lowest BCUT2D eigenvalue weighted by Gasteiger charge is -2.36. The zero-order chi connectivity index (χ0) is 17.2. The van der Waals surface area contributed by atoms with Gasteiger partial charge in [-0.3, -0.25) is 9.69 Å². The number of hydrogen-bond acceptors (Lipinski definition) is 5. The highest BCUT2D eigenvalue weighted by Gasteiger charge is 2.37. The molecule has 134 valence electrons. The van der Waals surface area contributed by atoms with E-state index in [0.29, 0.717) is 18.5 Å². The molecule has 2 bridgehead atoms. The molecule has 6 nitrogen and oxygen atoms in total. The minimum Gasteiger partial charge on any atom is -0.337 e. The van der Waals surface area contributed by atoms with Crippen molar-refractivity contribution in [2.45, 2.75) is 45.3 Å². The Balaban J connectivity index is 1.44. The number of carbonyl (C=O) groups is 1. The van der Waals surface area contributed by atoms with Gasteiger partial charge in [0, 0.05) is 56.4 Å². The van der Waals surface area contributed by atoms with Gasteiger partial charge in [-0.1, -0.05) is 6.92 Å². The molecule has 2 atom stereocenters. The van der Waals surface area contributed by atoms with Crippen LogP contribution in [0.15, 0.2) is 23.3 Å². The number of aromatic nitrogens is 3. The van der Waals surface area contributed by atoms with Gasteiger partial charge in [-0.15, -0.1) is 11.3 Å². The first-order chi connectivity index (χ1) is 12.2. The first-order valence-corrected chi connectivity index (χ1v) is 10.1. The van der Waals surface area contributed by atoms with Gasteiger partial charge in [0.15, 0.2) is 0 Å². The lowest BCUT2D eigenvalue weighted by Crippen LogP contribution is -2.48. The Morgan fingerprint density at radius 1 is 1.28 bits per heavy atom. The van der Waals surface area contributed by atoms with Gasteiger partial charge in [0.05, 0.1) is 11.2 Å². The molecule has 0 spiro atoms. The lowest BCUT2D eigenvalue weighted by molar-refractivity contribution is -0.136. The molecule has 3 saturated heterocycles. The molecule has 3 aliphatic rings. The van der Waals surface area contributed by atoms with E-state index < -0.39 is 0 Å². The third-order valence-corrected chi connectivity index (χ3v) is 6.04. The summed E-state index contributed by atoms with van der Waals surface area (Å²) in [6.07, 6.45) is 6.91. The SMILES string of the molecule is CCc1nccn1CC(=O)N1C[C@H]2CC[C@@H]1CN(Cc1cscn1)C2. The number of fused-ring (bicyclic) bond motifs is 4. The van der Waals surface area contributed by atoms with E-state index in [0.717, 1.165) is 50.5 Å². The average Bonchev–Trinajstić information content (AvgIpc) is 3.20. The minimum atomic E-state index is 0.234. The highest BCUT2D eigenvalue weighted by Crippen LogP contribution is 2.29. The number of thiazole rings is 1. The van der Waals surface area contributed by atoms with Crippen molar-refractivity contribution in [2.24, 2.45) is 5.92 Å². The van der Waals surface area contributed by atoms with Gasteiger partial charge < -0.3 is 9.47 Å². The number of hydrogen-bond donors (Lipinski definition) is 0. The molecule has 0 N–H and O–H groups in total.